The highest BCUT2D eigenvalue weighted by Gasteiger charge is 2.11. The van der Waals surface area contributed by atoms with Crippen LogP contribution in [0.2, 0.25) is 0 Å². The van der Waals surface area contributed by atoms with Crippen molar-refractivity contribution in [3.63, 3.8) is 0 Å². The third kappa shape index (κ3) is 3.58. The van der Waals surface area contributed by atoms with Crippen LogP contribution in [0.3, 0.4) is 0 Å². The van der Waals surface area contributed by atoms with Gasteiger partial charge in [0.25, 0.3) is 0 Å². The summed E-state index contributed by atoms with van der Waals surface area (Å²) in [7, 11) is 0. The topological polar surface area (TPSA) is 50.1 Å². The van der Waals surface area contributed by atoms with Gasteiger partial charge in [0.2, 0.25) is 0 Å². The van der Waals surface area contributed by atoms with E-state index in [0.717, 1.165) is 16.7 Å². The molecule has 0 radical (unpaired) electrons. The zero-order valence-electron chi connectivity index (χ0n) is 11.7. The third-order valence-electron chi connectivity index (χ3n) is 2.96. The number of esters is 1. The van der Waals surface area contributed by atoms with Gasteiger partial charge in [0, 0.05) is 0 Å². The summed E-state index contributed by atoms with van der Waals surface area (Å²) in [6.45, 7) is 1.96. The predicted molar refractivity (Wildman–Crippen MR) is 82.1 cm³/mol. The summed E-state index contributed by atoms with van der Waals surface area (Å²) in [6, 6.07) is 19.4. The number of carbonyl (C=O) groups is 1. The summed E-state index contributed by atoms with van der Waals surface area (Å²) >= 11 is 0. The van der Waals surface area contributed by atoms with Crippen molar-refractivity contribution in [1.29, 1.82) is 5.26 Å². The van der Waals surface area contributed by atoms with Gasteiger partial charge in [-0.3, -0.25) is 0 Å². The van der Waals surface area contributed by atoms with E-state index in [1.807, 2.05) is 60.7 Å². The van der Waals surface area contributed by atoms with Crippen LogP contribution in [-0.2, 0) is 9.53 Å². The van der Waals surface area contributed by atoms with Gasteiger partial charge in [0.1, 0.15) is 11.6 Å². The lowest BCUT2D eigenvalue weighted by Gasteiger charge is -2.07. The number of hydrogen-bond acceptors (Lipinski definition) is 3. The first-order chi connectivity index (χ1) is 10.3. The highest BCUT2D eigenvalue weighted by molar-refractivity contribution is 5.99. The van der Waals surface area contributed by atoms with Crippen molar-refractivity contribution >= 4 is 12.0 Å². The van der Waals surface area contributed by atoms with E-state index in [9.17, 15) is 4.79 Å². The van der Waals surface area contributed by atoms with Gasteiger partial charge < -0.3 is 4.74 Å². The summed E-state index contributed by atoms with van der Waals surface area (Å²) in [4.78, 5) is 11.7. The summed E-state index contributed by atoms with van der Waals surface area (Å²) < 4.78 is 4.88. The van der Waals surface area contributed by atoms with E-state index < -0.39 is 5.97 Å². The molecule has 0 saturated carbocycles. The van der Waals surface area contributed by atoms with Gasteiger partial charge in [-0.05, 0) is 29.7 Å². The van der Waals surface area contributed by atoms with Gasteiger partial charge in [0.15, 0.2) is 0 Å². The first-order valence-electron chi connectivity index (χ1n) is 6.69. The Morgan fingerprint density at radius 1 is 1.14 bits per heavy atom. The van der Waals surface area contributed by atoms with E-state index in [-0.39, 0.29) is 12.2 Å². The zero-order valence-corrected chi connectivity index (χ0v) is 11.7. The molecule has 0 atom stereocenters. The van der Waals surface area contributed by atoms with Crippen molar-refractivity contribution in [3.05, 3.63) is 65.7 Å². The molecule has 0 N–H and O–H groups in total. The molecule has 0 aromatic heterocycles. The molecular weight excluding hydrogens is 262 g/mol. The second kappa shape index (κ2) is 7.06. The monoisotopic (exact) mass is 277 g/mol. The first kappa shape index (κ1) is 14.5. The fraction of sp³-hybridized carbons (Fsp3) is 0.111. The van der Waals surface area contributed by atoms with Crippen LogP contribution in [0, 0.1) is 11.3 Å². The van der Waals surface area contributed by atoms with Crippen LogP contribution in [0.4, 0.5) is 0 Å². The van der Waals surface area contributed by atoms with E-state index >= 15 is 0 Å². The fourth-order valence-electron chi connectivity index (χ4n) is 2.00. The fourth-order valence-corrected chi connectivity index (χ4v) is 2.00. The Morgan fingerprint density at radius 3 is 2.48 bits per heavy atom. The molecule has 2 rings (SSSR count). The van der Waals surface area contributed by atoms with Gasteiger partial charge in [-0.15, -0.1) is 0 Å². The highest BCUT2D eigenvalue weighted by Crippen LogP contribution is 2.25. The minimum Gasteiger partial charge on any atom is -0.462 e. The van der Waals surface area contributed by atoms with Crippen molar-refractivity contribution in [2.45, 2.75) is 6.92 Å². The Balaban J connectivity index is 2.46. The number of nitriles is 1. The van der Waals surface area contributed by atoms with Gasteiger partial charge in [0.05, 0.1) is 6.61 Å². The molecule has 0 saturated heterocycles. The third-order valence-corrected chi connectivity index (χ3v) is 2.96. The molecule has 21 heavy (non-hydrogen) atoms. The van der Waals surface area contributed by atoms with Gasteiger partial charge in [-0.1, -0.05) is 54.6 Å². The maximum absolute atomic E-state index is 11.7. The van der Waals surface area contributed by atoms with Crippen molar-refractivity contribution < 1.29 is 9.53 Å². The standard InChI is InChI=1S/C18H15NO2/c1-2-21-18(20)16(13-19)12-15-10-6-7-11-17(15)14-8-4-3-5-9-14/h3-12H,2H2,1H3. The number of benzene rings is 2. The summed E-state index contributed by atoms with van der Waals surface area (Å²) in [5.41, 5.74) is 2.81. The Morgan fingerprint density at radius 2 is 1.81 bits per heavy atom. The lowest BCUT2D eigenvalue weighted by atomic mass is 9.98. The van der Waals surface area contributed by atoms with Crippen molar-refractivity contribution in [3.8, 4) is 17.2 Å². The maximum atomic E-state index is 11.7. The molecule has 0 aliphatic heterocycles. The van der Waals surface area contributed by atoms with E-state index in [4.69, 9.17) is 10.00 Å². The SMILES string of the molecule is CCOC(=O)C(C#N)=Cc1ccccc1-c1ccccc1. The van der Waals surface area contributed by atoms with Crippen LogP contribution in [0.1, 0.15) is 12.5 Å². The normalized spacial score (nSPS) is 10.8. The molecule has 0 aliphatic carbocycles. The van der Waals surface area contributed by atoms with Crippen molar-refractivity contribution in [2.75, 3.05) is 6.61 Å². The molecule has 3 heteroatoms. The molecule has 3 nitrogen and oxygen atoms in total. The summed E-state index contributed by atoms with van der Waals surface area (Å²) in [6.07, 6.45) is 1.57. The number of nitrogens with zero attached hydrogens (tertiary/aromatic N) is 1. The Hall–Kier alpha value is -2.86. The number of ether oxygens (including phenoxy) is 1. The molecule has 0 bridgehead atoms. The van der Waals surface area contributed by atoms with Crippen molar-refractivity contribution in [2.24, 2.45) is 0 Å². The van der Waals surface area contributed by atoms with Crippen LogP contribution in [0.15, 0.2) is 60.2 Å². The van der Waals surface area contributed by atoms with Crippen LogP contribution >= 0.6 is 0 Å². The van der Waals surface area contributed by atoms with Crippen LogP contribution in [0.5, 0.6) is 0 Å². The van der Waals surface area contributed by atoms with Crippen LogP contribution in [-0.4, -0.2) is 12.6 Å². The predicted octanol–water partition coefficient (Wildman–Crippen LogP) is 3.82. The van der Waals surface area contributed by atoms with E-state index in [0.29, 0.717) is 0 Å². The number of carbonyl (C=O) groups excluding carboxylic acids is 1. The molecule has 104 valence electrons. The molecule has 0 fully saturated rings. The van der Waals surface area contributed by atoms with Crippen LogP contribution < -0.4 is 0 Å². The minimum absolute atomic E-state index is 0.000214. The Bertz CT molecular complexity index is 697. The maximum Gasteiger partial charge on any atom is 0.348 e. The first-order valence-corrected chi connectivity index (χ1v) is 6.69. The quantitative estimate of drug-likeness (QED) is 0.485. The van der Waals surface area contributed by atoms with Gasteiger partial charge in [-0.2, -0.15) is 5.26 Å². The molecule has 0 amide bonds. The summed E-state index contributed by atoms with van der Waals surface area (Å²) in [5.74, 6) is -0.595. The molecule has 0 aliphatic rings. The molecule has 0 unspecified atom stereocenters. The molecule has 2 aromatic carbocycles. The molecule has 2 aromatic rings. The lowest BCUT2D eigenvalue weighted by Crippen LogP contribution is -2.06. The molecule has 0 spiro atoms. The Labute approximate surface area is 124 Å². The van der Waals surface area contributed by atoms with E-state index in [1.54, 1.807) is 13.0 Å². The minimum atomic E-state index is -0.595. The van der Waals surface area contributed by atoms with Gasteiger partial charge in [-0.25, -0.2) is 4.79 Å². The largest absolute Gasteiger partial charge is 0.462 e. The van der Waals surface area contributed by atoms with E-state index in [1.165, 1.54) is 0 Å². The molecular formula is C18H15NO2. The lowest BCUT2D eigenvalue weighted by molar-refractivity contribution is -0.137. The second-order valence-electron chi connectivity index (χ2n) is 4.34. The number of hydrogen-bond donors (Lipinski definition) is 0. The zero-order chi connectivity index (χ0) is 15.1. The van der Waals surface area contributed by atoms with Crippen molar-refractivity contribution in [1.82, 2.24) is 0 Å². The molecule has 0 heterocycles. The van der Waals surface area contributed by atoms with E-state index in [2.05, 4.69) is 0 Å². The average molecular weight is 277 g/mol. The second-order valence-corrected chi connectivity index (χ2v) is 4.34. The van der Waals surface area contributed by atoms with Crippen LogP contribution in [0.25, 0.3) is 17.2 Å². The average Bonchev–Trinajstić information content (AvgIpc) is 2.54. The number of rotatable bonds is 4. The Kier molecular flexibility index (Phi) is 4.89. The van der Waals surface area contributed by atoms with Gasteiger partial charge >= 0.3 is 5.97 Å². The smallest absolute Gasteiger partial charge is 0.348 e. The highest BCUT2D eigenvalue weighted by atomic mass is 16.5. The summed E-state index contributed by atoms with van der Waals surface area (Å²) in [5, 5.41) is 9.13.